The topological polar surface area (TPSA) is 77.8 Å². The first-order chi connectivity index (χ1) is 14.5. The van der Waals surface area contributed by atoms with Gasteiger partial charge in [0.1, 0.15) is 22.7 Å². The van der Waals surface area contributed by atoms with Gasteiger partial charge in [0.05, 0.1) is 26.3 Å². The first-order valence-electron chi connectivity index (χ1n) is 9.47. The van der Waals surface area contributed by atoms with Gasteiger partial charge >= 0.3 is 0 Å². The minimum absolute atomic E-state index is 0.0472. The van der Waals surface area contributed by atoms with Crippen LogP contribution in [0.3, 0.4) is 0 Å². The van der Waals surface area contributed by atoms with Crippen LogP contribution in [0.15, 0.2) is 59.0 Å². The van der Waals surface area contributed by atoms with E-state index in [1.54, 1.807) is 31.4 Å². The molecule has 3 aromatic carbocycles. The first-order valence-corrected chi connectivity index (χ1v) is 9.47. The largest absolute Gasteiger partial charge is 0.496 e. The fourth-order valence-corrected chi connectivity index (χ4v) is 3.52. The maximum absolute atomic E-state index is 12.8. The van der Waals surface area contributed by atoms with Crippen molar-refractivity contribution in [3.05, 3.63) is 65.7 Å². The minimum atomic E-state index is -0.261. The molecule has 4 aromatic rings. The monoisotopic (exact) mass is 403 g/mol. The van der Waals surface area contributed by atoms with Crippen molar-refractivity contribution in [1.82, 2.24) is 0 Å². The van der Waals surface area contributed by atoms with Crippen LogP contribution in [0.25, 0.3) is 21.9 Å². The summed E-state index contributed by atoms with van der Waals surface area (Å²) in [6, 6.07) is 16.4. The van der Waals surface area contributed by atoms with Crippen LogP contribution < -0.4 is 14.8 Å². The number of ketones is 1. The van der Waals surface area contributed by atoms with Crippen LogP contribution in [-0.4, -0.2) is 25.9 Å². The Morgan fingerprint density at radius 1 is 0.900 bits per heavy atom. The Kier molecular flexibility index (Phi) is 5.14. The van der Waals surface area contributed by atoms with E-state index in [9.17, 15) is 9.59 Å². The number of benzene rings is 3. The van der Waals surface area contributed by atoms with Gasteiger partial charge < -0.3 is 19.2 Å². The van der Waals surface area contributed by atoms with Gasteiger partial charge in [0.2, 0.25) is 5.91 Å². The van der Waals surface area contributed by atoms with Gasteiger partial charge in [-0.3, -0.25) is 9.59 Å². The number of hydrogen-bond donors (Lipinski definition) is 1. The lowest BCUT2D eigenvalue weighted by Crippen LogP contribution is -2.16. The summed E-state index contributed by atoms with van der Waals surface area (Å²) in [6.45, 7) is 1.49. The SMILES string of the molecule is COc1ccc(C(C)=O)cc1CC(=O)Nc1cc2oc3ccccc3c2cc1OC. The number of hydrogen-bond acceptors (Lipinski definition) is 5. The molecule has 0 unspecified atom stereocenters. The Hall–Kier alpha value is -3.80. The van der Waals surface area contributed by atoms with Crippen LogP contribution in [0.2, 0.25) is 0 Å². The zero-order valence-corrected chi connectivity index (χ0v) is 16.9. The number of anilines is 1. The molecular weight excluding hydrogens is 382 g/mol. The van der Waals surface area contributed by atoms with Crippen molar-refractivity contribution in [2.45, 2.75) is 13.3 Å². The second-order valence-corrected chi connectivity index (χ2v) is 6.95. The zero-order valence-electron chi connectivity index (χ0n) is 16.9. The average molecular weight is 403 g/mol. The molecule has 0 bridgehead atoms. The lowest BCUT2D eigenvalue weighted by Gasteiger charge is -2.12. The van der Waals surface area contributed by atoms with Gasteiger partial charge in [-0.1, -0.05) is 18.2 Å². The quantitative estimate of drug-likeness (QED) is 0.459. The van der Waals surface area contributed by atoms with Crippen molar-refractivity contribution in [2.24, 2.45) is 0 Å². The Balaban J connectivity index is 1.65. The molecule has 4 rings (SSSR count). The average Bonchev–Trinajstić information content (AvgIpc) is 3.10. The maximum Gasteiger partial charge on any atom is 0.229 e. The zero-order chi connectivity index (χ0) is 21.3. The van der Waals surface area contributed by atoms with Crippen LogP contribution in [0.4, 0.5) is 5.69 Å². The van der Waals surface area contributed by atoms with Gasteiger partial charge in [-0.05, 0) is 37.3 Å². The molecular formula is C24H21NO5. The highest BCUT2D eigenvalue weighted by Gasteiger charge is 2.16. The highest BCUT2D eigenvalue weighted by Crippen LogP contribution is 2.36. The number of nitrogens with one attached hydrogen (secondary N) is 1. The number of carbonyl (C=O) groups excluding carboxylic acids is 2. The van der Waals surface area contributed by atoms with Gasteiger partial charge in [0.25, 0.3) is 0 Å². The van der Waals surface area contributed by atoms with Crippen molar-refractivity contribution in [1.29, 1.82) is 0 Å². The Bertz CT molecular complexity index is 1270. The normalized spacial score (nSPS) is 10.9. The van der Waals surface area contributed by atoms with E-state index >= 15 is 0 Å². The van der Waals surface area contributed by atoms with Gasteiger partial charge in [-0.15, -0.1) is 0 Å². The Morgan fingerprint density at radius 3 is 2.40 bits per heavy atom. The number of carbonyl (C=O) groups is 2. The Labute approximate surface area is 173 Å². The number of para-hydroxylation sites is 1. The smallest absolute Gasteiger partial charge is 0.229 e. The number of ether oxygens (including phenoxy) is 2. The molecule has 0 radical (unpaired) electrons. The van der Waals surface area contributed by atoms with Crippen LogP contribution >= 0.6 is 0 Å². The van der Waals surface area contributed by atoms with E-state index < -0.39 is 0 Å². The van der Waals surface area contributed by atoms with Crippen molar-refractivity contribution in [3.8, 4) is 11.5 Å². The standard InChI is InChI=1S/C24H21NO5/c1-14(26)15-8-9-20(28-2)16(10-15)11-24(27)25-19-13-22-18(12-23(19)29-3)17-6-4-5-7-21(17)30-22/h4-10,12-13H,11H2,1-3H3,(H,25,27). The van der Waals surface area contributed by atoms with Gasteiger partial charge in [-0.25, -0.2) is 0 Å². The first kappa shape index (κ1) is 19.5. The molecule has 0 aliphatic rings. The number of methoxy groups -OCH3 is 2. The molecule has 0 aliphatic carbocycles. The number of furan rings is 1. The predicted molar refractivity (Wildman–Crippen MR) is 116 cm³/mol. The molecule has 0 saturated heterocycles. The summed E-state index contributed by atoms with van der Waals surface area (Å²) in [4.78, 5) is 24.5. The molecule has 6 heteroatoms. The molecule has 6 nitrogen and oxygen atoms in total. The molecule has 30 heavy (non-hydrogen) atoms. The van der Waals surface area contributed by atoms with E-state index in [1.165, 1.54) is 14.0 Å². The van der Waals surface area contributed by atoms with E-state index in [4.69, 9.17) is 13.9 Å². The summed E-state index contributed by atoms with van der Waals surface area (Å²) in [5, 5.41) is 4.78. The van der Waals surface area contributed by atoms with Crippen molar-refractivity contribution >= 4 is 39.3 Å². The summed E-state index contributed by atoms with van der Waals surface area (Å²) in [7, 11) is 3.08. The fourth-order valence-electron chi connectivity index (χ4n) is 3.52. The molecule has 1 heterocycles. The third kappa shape index (κ3) is 3.59. The van der Waals surface area contributed by atoms with E-state index in [0.717, 1.165) is 16.4 Å². The summed E-state index contributed by atoms with van der Waals surface area (Å²) >= 11 is 0. The van der Waals surface area contributed by atoms with Crippen molar-refractivity contribution in [2.75, 3.05) is 19.5 Å². The van der Waals surface area contributed by atoms with Crippen molar-refractivity contribution in [3.63, 3.8) is 0 Å². The van der Waals surface area contributed by atoms with Crippen molar-refractivity contribution < 1.29 is 23.5 Å². The minimum Gasteiger partial charge on any atom is -0.496 e. The summed E-state index contributed by atoms with van der Waals surface area (Å²) in [5.74, 6) is 0.751. The molecule has 152 valence electrons. The van der Waals surface area contributed by atoms with E-state index in [-0.39, 0.29) is 18.1 Å². The molecule has 0 aliphatic heterocycles. The van der Waals surface area contributed by atoms with Gasteiger partial charge in [0.15, 0.2) is 5.78 Å². The van der Waals surface area contributed by atoms with E-state index in [2.05, 4.69) is 5.32 Å². The highest BCUT2D eigenvalue weighted by molar-refractivity contribution is 6.08. The Morgan fingerprint density at radius 2 is 1.67 bits per heavy atom. The fraction of sp³-hybridized carbons (Fsp3) is 0.167. The van der Waals surface area contributed by atoms with E-state index in [1.807, 2.05) is 30.3 Å². The molecule has 0 spiro atoms. The number of rotatable bonds is 6. The number of Topliss-reactive ketones (excluding diaryl/α,β-unsaturated/α-hetero) is 1. The molecule has 1 N–H and O–H groups in total. The third-order valence-electron chi connectivity index (χ3n) is 5.01. The highest BCUT2D eigenvalue weighted by atomic mass is 16.5. The lowest BCUT2D eigenvalue weighted by atomic mass is 10.0. The third-order valence-corrected chi connectivity index (χ3v) is 5.01. The maximum atomic E-state index is 12.8. The van der Waals surface area contributed by atoms with Crippen LogP contribution in [0.5, 0.6) is 11.5 Å². The lowest BCUT2D eigenvalue weighted by molar-refractivity contribution is -0.115. The number of fused-ring (bicyclic) bond motifs is 3. The summed E-state index contributed by atoms with van der Waals surface area (Å²) in [6.07, 6.45) is 0.0472. The summed E-state index contributed by atoms with van der Waals surface area (Å²) < 4.78 is 16.7. The summed E-state index contributed by atoms with van der Waals surface area (Å²) in [5.41, 5.74) is 3.09. The second kappa shape index (κ2) is 7.91. The molecule has 1 amide bonds. The predicted octanol–water partition coefficient (Wildman–Crippen LogP) is 4.99. The van der Waals surface area contributed by atoms with Crippen LogP contribution in [0, 0.1) is 0 Å². The van der Waals surface area contributed by atoms with Gasteiger partial charge in [0, 0.05) is 28.0 Å². The molecule has 0 atom stereocenters. The second-order valence-electron chi connectivity index (χ2n) is 6.95. The molecule has 1 aromatic heterocycles. The van der Waals surface area contributed by atoms with Crippen LogP contribution in [-0.2, 0) is 11.2 Å². The number of amides is 1. The molecule has 0 saturated carbocycles. The van der Waals surface area contributed by atoms with Crippen LogP contribution in [0.1, 0.15) is 22.8 Å². The van der Waals surface area contributed by atoms with E-state index in [0.29, 0.717) is 33.9 Å². The molecule has 0 fully saturated rings. The van der Waals surface area contributed by atoms with Gasteiger partial charge in [-0.2, -0.15) is 0 Å².